The molecule has 4 aliphatic rings. The van der Waals surface area contributed by atoms with Gasteiger partial charge in [-0.3, -0.25) is 19.1 Å². The number of aromatic nitrogens is 1. The summed E-state index contributed by atoms with van der Waals surface area (Å²) in [5.74, 6) is -3.50. The molecule has 0 spiro atoms. The summed E-state index contributed by atoms with van der Waals surface area (Å²) in [5.41, 5.74) is -0.275. The van der Waals surface area contributed by atoms with Crippen molar-refractivity contribution in [3.63, 3.8) is 0 Å². The molecule has 59 heavy (non-hydrogen) atoms. The number of nitrogens with zero attached hydrogens (tertiary/aromatic N) is 2. The van der Waals surface area contributed by atoms with Crippen molar-refractivity contribution >= 4 is 56.8 Å². The van der Waals surface area contributed by atoms with Crippen molar-refractivity contribution in [2.75, 3.05) is 13.2 Å². The Kier molecular flexibility index (Phi) is 11.0. The van der Waals surface area contributed by atoms with Gasteiger partial charge in [0.1, 0.15) is 29.4 Å². The van der Waals surface area contributed by atoms with E-state index in [-0.39, 0.29) is 31.7 Å². The number of alkyl carbamates (subject to hydrolysis) is 1. The Morgan fingerprint density at radius 2 is 1.76 bits per heavy atom. The Bertz CT molecular complexity index is 2330. The highest BCUT2D eigenvalue weighted by atomic mass is 32.2. The number of fused-ring (bicyclic) bond motifs is 3. The second-order valence-electron chi connectivity index (χ2n) is 18.1. The van der Waals surface area contributed by atoms with Crippen molar-refractivity contribution in [2.45, 2.75) is 102 Å². The second kappa shape index (κ2) is 15.6. The summed E-state index contributed by atoms with van der Waals surface area (Å²) in [4.78, 5) is 71.8. The van der Waals surface area contributed by atoms with Crippen LogP contribution in [0.2, 0.25) is 0 Å². The molecule has 0 unspecified atom stereocenters. The standard InChI is InChI=1S/C44H53N5O9S/c1-7-28-24-44(28,40(53)47-59(55,56)31-19-20-31)46-37(50)34-22-30-25-48(34)38(51)36(42(2,3)4)45-41(54)57-26-43(5,6)21-12-11-14-27-15-13-18-33-32(27)23-35(39(52)58-30)49(33)29-16-9-8-10-17-29/h7-11,13-18,23,28,30-31,34,36H,1,12,19-22,24-26H2,2-6H3,(H,45,54)(H,46,50)(H,47,53)/b14-11+/t28-,30-,34+,36-,44-/m1/s1. The molecule has 7 rings (SSSR count). The molecule has 5 atom stereocenters. The average Bonchev–Trinajstić information content (AvgIpc) is 4.08. The number of rotatable bonds is 7. The molecule has 314 valence electrons. The van der Waals surface area contributed by atoms with Gasteiger partial charge in [0.05, 0.1) is 23.9 Å². The molecule has 3 N–H and O–H groups in total. The van der Waals surface area contributed by atoms with Gasteiger partial charge in [-0.25, -0.2) is 18.0 Å². The van der Waals surface area contributed by atoms with Crippen LogP contribution >= 0.6 is 0 Å². The number of hydrogen-bond donors (Lipinski definition) is 3. The maximum absolute atomic E-state index is 14.7. The van der Waals surface area contributed by atoms with E-state index in [9.17, 15) is 32.4 Å². The van der Waals surface area contributed by atoms with E-state index in [1.807, 2.05) is 73.0 Å². The van der Waals surface area contributed by atoms with Crippen LogP contribution in [0.4, 0.5) is 4.79 Å². The zero-order valence-corrected chi connectivity index (χ0v) is 35.0. The first-order valence-electron chi connectivity index (χ1n) is 20.2. The SMILES string of the molecule is C=C[C@@H]1C[C@]1(NC(=O)[C@@H]1C[C@@H]2CN1C(=O)[C@H](C(C)(C)C)NC(=O)OCC(C)(C)CC/C=C/c1cccc3c1cc(n3-c1ccccc1)C(=O)O2)C(=O)NS(=O)(=O)C1CC1. The van der Waals surface area contributed by atoms with Crippen LogP contribution in [-0.4, -0.2) is 89.8 Å². The molecule has 2 aliphatic heterocycles. The zero-order valence-electron chi connectivity index (χ0n) is 34.2. The quantitative estimate of drug-likeness (QED) is 0.208. The molecule has 1 saturated heterocycles. The molecule has 14 nitrogen and oxygen atoms in total. The highest BCUT2D eigenvalue weighted by molar-refractivity contribution is 7.91. The largest absolute Gasteiger partial charge is 0.456 e. The minimum Gasteiger partial charge on any atom is -0.456 e. The third-order valence-electron chi connectivity index (χ3n) is 11.7. The lowest BCUT2D eigenvalue weighted by molar-refractivity contribution is -0.143. The maximum atomic E-state index is 14.7. The van der Waals surface area contributed by atoms with E-state index in [2.05, 4.69) is 28.0 Å². The summed E-state index contributed by atoms with van der Waals surface area (Å²) in [5, 5.41) is 5.65. The molecule has 0 radical (unpaired) electrons. The number of amides is 4. The number of esters is 1. The summed E-state index contributed by atoms with van der Waals surface area (Å²) in [6.07, 6.45) is 5.94. The molecule has 2 saturated carbocycles. The number of ether oxygens (including phenoxy) is 2. The zero-order chi connectivity index (χ0) is 42.5. The Morgan fingerprint density at radius 1 is 1.03 bits per heavy atom. The van der Waals surface area contributed by atoms with Crippen molar-refractivity contribution in [1.29, 1.82) is 0 Å². The number of hydrogen-bond acceptors (Lipinski definition) is 9. The first kappa shape index (κ1) is 41.7. The van der Waals surface area contributed by atoms with Gasteiger partial charge in [-0.05, 0) is 72.8 Å². The summed E-state index contributed by atoms with van der Waals surface area (Å²) < 4.78 is 41.4. The molecule has 3 aromatic rings. The Hall–Kier alpha value is -5.44. The Balaban J connectivity index is 1.26. The predicted octanol–water partition coefficient (Wildman–Crippen LogP) is 5.40. The van der Waals surface area contributed by atoms with Crippen molar-refractivity contribution in [1.82, 2.24) is 24.8 Å². The second-order valence-corrected chi connectivity index (χ2v) is 20.0. The van der Waals surface area contributed by atoms with E-state index in [0.717, 1.165) is 22.2 Å². The number of nitrogens with one attached hydrogen (secondary N) is 3. The van der Waals surface area contributed by atoms with Gasteiger partial charge in [0.25, 0.3) is 5.91 Å². The first-order chi connectivity index (χ1) is 27.8. The Morgan fingerprint density at radius 3 is 2.42 bits per heavy atom. The van der Waals surface area contributed by atoms with Gasteiger partial charge < -0.3 is 29.6 Å². The van der Waals surface area contributed by atoms with Crippen LogP contribution in [0.5, 0.6) is 0 Å². The molecule has 3 fully saturated rings. The highest BCUT2D eigenvalue weighted by Crippen LogP contribution is 2.45. The van der Waals surface area contributed by atoms with E-state index in [0.29, 0.717) is 25.7 Å². The predicted molar refractivity (Wildman–Crippen MR) is 222 cm³/mol. The lowest BCUT2D eigenvalue weighted by atomic mass is 9.85. The van der Waals surface area contributed by atoms with Crippen LogP contribution in [0.25, 0.3) is 22.7 Å². The molecule has 1 aromatic heterocycles. The van der Waals surface area contributed by atoms with E-state index >= 15 is 0 Å². The average molecular weight is 828 g/mol. The molecule has 4 amide bonds. The van der Waals surface area contributed by atoms with E-state index in [4.69, 9.17) is 9.47 Å². The monoisotopic (exact) mass is 827 g/mol. The van der Waals surface area contributed by atoms with E-state index < -0.39 is 85.5 Å². The van der Waals surface area contributed by atoms with Crippen LogP contribution in [-0.2, 0) is 33.9 Å². The van der Waals surface area contributed by atoms with Gasteiger partial charge in [0.2, 0.25) is 21.8 Å². The van der Waals surface area contributed by atoms with Gasteiger partial charge >= 0.3 is 12.1 Å². The lowest BCUT2D eigenvalue weighted by Gasteiger charge is -2.35. The fourth-order valence-corrected chi connectivity index (χ4v) is 9.37. The molecular weight excluding hydrogens is 775 g/mol. The molecule has 3 heterocycles. The van der Waals surface area contributed by atoms with Crippen LogP contribution < -0.4 is 15.4 Å². The normalized spacial score (nSPS) is 26.9. The highest BCUT2D eigenvalue weighted by Gasteiger charge is 2.62. The minimum absolute atomic E-state index is 0.0778. The number of para-hydroxylation sites is 1. The van der Waals surface area contributed by atoms with E-state index in [1.165, 1.54) is 11.0 Å². The lowest BCUT2D eigenvalue weighted by Crippen LogP contribution is -2.60. The number of carbonyl (C=O) groups is 5. The third-order valence-corrected chi connectivity index (χ3v) is 13.5. The van der Waals surface area contributed by atoms with Gasteiger partial charge in [-0.1, -0.05) is 83.2 Å². The summed E-state index contributed by atoms with van der Waals surface area (Å²) in [6, 6.07) is 14.5. The van der Waals surface area contributed by atoms with Crippen molar-refractivity contribution in [3.05, 3.63) is 84.6 Å². The number of sulfonamides is 1. The third kappa shape index (κ3) is 8.66. The number of allylic oxidation sites excluding steroid dienone is 1. The van der Waals surface area contributed by atoms with E-state index in [1.54, 1.807) is 26.8 Å². The summed E-state index contributed by atoms with van der Waals surface area (Å²) in [6.45, 7) is 12.9. The fourth-order valence-electron chi connectivity index (χ4n) is 8.00. The topological polar surface area (TPSA) is 182 Å². The fraction of sp³-hybridized carbons (Fsp3) is 0.477. The van der Waals surface area contributed by atoms with Crippen molar-refractivity contribution in [2.24, 2.45) is 16.7 Å². The van der Waals surface area contributed by atoms with Crippen LogP contribution in [0, 0.1) is 16.7 Å². The smallest absolute Gasteiger partial charge is 0.407 e. The number of benzene rings is 2. The number of cyclic esters (lactones) is 1. The Labute approximate surface area is 344 Å². The van der Waals surface area contributed by atoms with Crippen molar-refractivity contribution in [3.8, 4) is 5.69 Å². The van der Waals surface area contributed by atoms with Crippen LogP contribution in [0.1, 0.15) is 89.2 Å². The molecular formula is C44H53N5O9S. The molecule has 15 heteroatoms. The maximum Gasteiger partial charge on any atom is 0.407 e. The van der Waals surface area contributed by atoms with Gasteiger partial charge in [0.15, 0.2) is 0 Å². The van der Waals surface area contributed by atoms with Crippen LogP contribution in [0.15, 0.2) is 73.3 Å². The first-order valence-corrected chi connectivity index (χ1v) is 21.7. The summed E-state index contributed by atoms with van der Waals surface area (Å²) in [7, 11) is -3.94. The van der Waals surface area contributed by atoms with Gasteiger partial charge in [0, 0.05) is 23.4 Å². The molecule has 2 aliphatic carbocycles. The van der Waals surface area contributed by atoms with Crippen LogP contribution in [0.3, 0.4) is 0 Å². The van der Waals surface area contributed by atoms with Crippen molar-refractivity contribution < 1.29 is 41.9 Å². The molecule has 4 bridgehead atoms. The van der Waals surface area contributed by atoms with Gasteiger partial charge in [-0.2, -0.15) is 0 Å². The molecule has 2 aromatic carbocycles. The van der Waals surface area contributed by atoms with Gasteiger partial charge in [-0.15, -0.1) is 6.58 Å². The minimum atomic E-state index is -3.94. The number of carbonyl (C=O) groups excluding carboxylic acids is 5. The summed E-state index contributed by atoms with van der Waals surface area (Å²) >= 11 is 0.